The van der Waals surface area contributed by atoms with Gasteiger partial charge in [0.05, 0.1) is 16.5 Å². The number of carbonyl (C=O) groups is 1. The fourth-order valence-corrected chi connectivity index (χ4v) is 4.45. The third kappa shape index (κ3) is 5.05. The second-order valence-electron chi connectivity index (χ2n) is 5.56. The maximum atomic E-state index is 12.8. The summed E-state index contributed by atoms with van der Waals surface area (Å²) < 4.78 is 49.4. The number of hydrazine groups is 1. The highest BCUT2D eigenvalue weighted by atomic mass is 32.2. The van der Waals surface area contributed by atoms with Crippen molar-refractivity contribution < 1.29 is 21.6 Å². The van der Waals surface area contributed by atoms with E-state index >= 15 is 0 Å². The van der Waals surface area contributed by atoms with Crippen LogP contribution in [-0.2, 0) is 20.0 Å². The third-order valence-electron chi connectivity index (χ3n) is 3.57. The minimum absolute atomic E-state index is 0.205. The van der Waals surface area contributed by atoms with Crippen LogP contribution >= 0.6 is 0 Å². The van der Waals surface area contributed by atoms with Gasteiger partial charge >= 0.3 is 6.03 Å². The van der Waals surface area contributed by atoms with Crippen molar-refractivity contribution in [3.05, 3.63) is 60.2 Å². The van der Waals surface area contributed by atoms with E-state index in [0.717, 1.165) is 6.92 Å². The number of anilines is 1. The highest BCUT2D eigenvalue weighted by Gasteiger charge is 2.36. The lowest BCUT2D eigenvalue weighted by Gasteiger charge is -2.27. The van der Waals surface area contributed by atoms with Gasteiger partial charge in [-0.15, -0.1) is 0 Å². The lowest BCUT2D eigenvalue weighted by atomic mass is 10.2. The number of nitrogens with two attached hydrogens (primary N) is 1. The van der Waals surface area contributed by atoms with Crippen LogP contribution in [0.25, 0.3) is 0 Å². The standard InChI is InChI=1S/C16H17N5O5S2/c1-12(27(18,23)24)21(28(25,26)15-8-3-2-4-9-15)20-16(22)19-14-7-5-6-13(10-14)11-17/h2-10,12H,1H3,(H2,18,23,24)(H2,19,20,22). The number of hydrogen-bond acceptors (Lipinski definition) is 6. The molecule has 2 aromatic rings. The fraction of sp³-hybridized carbons (Fsp3) is 0.125. The van der Waals surface area contributed by atoms with Crippen molar-refractivity contribution in [1.29, 1.82) is 5.26 Å². The Morgan fingerprint density at radius 2 is 1.75 bits per heavy atom. The average Bonchev–Trinajstić information content (AvgIpc) is 2.65. The lowest BCUT2D eigenvalue weighted by molar-refractivity contribution is 0.228. The van der Waals surface area contributed by atoms with Crippen molar-refractivity contribution in [3.63, 3.8) is 0 Å². The molecule has 0 fully saturated rings. The van der Waals surface area contributed by atoms with Gasteiger partial charge in [-0.25, -0.2) is 26.8 Å². The van der Waals surface area contributed by atoms with Crippen molar-refractivity contribution in [2.45, 2.75) is 17.2 Å². The first-order valence-corrected chi connectivity index (χ1v) is 10.8. The van der Waals surface area contributed by atoms with Gasteiger partial charge in [-0.3, -0.25) is 5.43 Å². The van der Waals surface area contributed by atoms with Crippen LogP contribution in [0.5, 0.6) is 0 Å². The highest BCUT2D eigenvalue weighted by molar-refractivity contribution is 7.92. The third-order valence-corrected chi connectivity index (χ3v) is 6.66. The van der Waals surface area contributed by atoms with Gasteiger partial charge in [0.25, 0.3) is 10.0 Å². The van der Waals surface area contributed by atoms with Gasteiger partial charge in [0, 0.05) is 5.69 Å². The molecule has 1 atom stereocenters. The van der Waals surface area contributed by atoms with Crippen LogP contribution < -0.4 is 15.9 Å². The van der Waals surface area contributed by atoms with Crippen LogP contribution in [0.4, 0.5) is 10.5 Å². The molecular weight excluding hydrogens is 406 g/mol. The Morgan fingerprint density at radius 3 is 2.32 bits per heavy atom. The molecule has 148 valence electrons. The number of amides is 2. The smallest absolute Gasteiger partial charge is 0.307 e. The number of nitrogens with one attached hydrogen (secondary N) is 2. The monoisotopic (exact) mass is 423 g/mol. The van der Waals surface area contributed by atoms with Gasteiger partial charge in [-0.2, -0.15) is 5.26 Å². The summed E-state index contributed by atoms with van der Waals surface area (Å²) in [5.41, 5.74) is 2.47. The van der Waals surface area contributed by atoms with E-state index in [-0.39, 0.29) is 20.6 Å². The van der Waals surface area contributed by atoms with Gasteiger partial charge in [0.15, 0.2) is 5.37 Å². The first-order valence-electron chi connectivity index (χ1n) is 7.74. The molecule has 1 unspecified atom stereocenters. The fourth-order valence-electron chi connectivity index (χ4n) is 2.11. The van der Waals surface area contributed by atoms with E-state index in [1.807, 2.05) is 11.5 Å². The molecule has 2 rings (SSSR count). The quantitative estimate of drug-likeness (QED) is 0.585. The molecule has 28 heavy (non-hydrogen) atoms. The Morgan fingerprint density at radius 1 is 1.11 bits per heavy atom. The zero-order valence-electron chi connectivity index (χ0n) is 14.6. The van der Waals surface area contributed by atoms with Crippen LogP contribution in [-0.4, -0.2) is 32.7 Å². The van der Waals surface area contributed by atoms with Crippen LogP contribution in [0.2, 0.25) is 0 Å². The molecule has 4 N–H and O–H groups in total. The summed E-state index contributed by atoms with van der Waals surface area (Å²) >= 11 is 0. The maximum absolute atomic E-state index is 12.8. The highest BCUT2D eigenvalue weighted by Crippen LogP contribution is 2.18. The lowest BCUT2D eigenvalue weighted by Crippen LogP contribution is -2.55. The van der Waals surface area contributed by atoms with Crippen molar-refractivity contribution in [1.82, 2.24) is 9.84 Å². The van der Waals surface area contributed by atoms with Gasteiger partial charge in [-0.05, 0) is 37.3 Å². The van der Waals surface area contributed by atoms with Crippen molar-refractivity contribution in [2.75, 3.05) is 5.32 Å². The molecule has 2 aromatic carbocycles. The number of urea groups is 1. The first kappa shape index (κ1) is 21.3. The van der Waals surface area contributed by atoms with E-state index in [1.54, 1.807) is 6.07 Å². The van der Waals surface area contributed by atoms with Crippen LogP contribution in [0.1, 0.15) is 12.5 Å². The van der Waals surface area contributed by atoms with E-state index < -0.39 is 31.5 Å². The topological polar surface area (TPSA) is 162 Å². The normalized spacial score (nSPS) is 12.8. The molecule has 10 nitrogen and oxygen atoms in total. The van der Waals surface area contributed by atoms with E-state index in [1.165, 1.54) is 48.5 Å². The van der Waals surface area contributed by atoms with Crippen molar-refractivity contribution >= 4 is 31.8 Å². The number of rotatable bonds is 6. The van der Waals surface area contributed by atoms with E-state index in [4.69, 9.17) is 10.4 Å². The molecule has 0 aliphatic heterocycles. The zero-order chi connectivity index (χ0) is 20.9. The molecule has 0 aliphatic carbocycles. The summed E-state index contributed by atoms with van der Waals surface area (Å²) in [6.07, 6.45) is 0. The minimum Gasteiger partial charge on any atom is -0.307 e. The maximum Gasteiger partial charge on any atom is 0.334 e. The largest absolute Gasteiger partial charge is 0.334 e. The molecule has 0 bridgehead atoms. The molecular formula is C16H17N5O5S2. The van der Waals surface area contributed by atoms with Crippen molar-refractivity contribution in [3.8, 4) is 6.07 Å². The Kier molecular flexibility index (Phi) is 6.37. The Bertz CT molecular complexity index is 1110. The molecule has 0 spiro atoms. The van der Waals surface area contributed by atoms with Gasteiger partial charge in [0.2, 0.25) is 10.0 Å². The van der Waals surface area contributed by atoms with E-state index in [9.17, 15) is 21.6 Å². The molecule has 0 aromatic heterocycles. The van der Waals surface area contributed by atoms with Gasteiger partial charge < -0.3 is 5.32 Å². The predicted molar refractivity (Wildman–Crippen MR) is 101 cm³/mol. The number of carbonyl (C=O) groups excluding carboxylic acids is 1. The van der Waals surface area contributed by atoms with E-state index in [2.05, 4.69) is 5.32 Å². The van der Waals surface area contributed by atoms with Crippen molar-refractivity contribution in [2.24, 2.45) is 5.14 Å². The molecule has 0 heterocycles. The number of sulfonamides is 2. The summed E-state index contributed by atoms with van der Waals surface area (Å²) in [6.45, 7) is 1.02. The van der Waals surface area contributed by atoms with Crippen LogP contribution in [0, 0.1) is 11.3 Å². The molecule has 0 saturated carbocycles. The number of primary sulfonamides is 1. The van der Waals surface area contributed by atoms with Crippen LogP contribution in [0.3, 0.4) is 0 Å². The zero-order valence-corrected chi connectivity index (χ0v) is 16.2. The number of nitrogens with zero attached hydrogens (tertiary/aromatic N) is 2. The first-order chi connectivity index (χ1) is 13.1. The van der Waals surface area contributed by atoms with Crippen LogP contribution in [0.15, 0.2) is 59.5 Å². The summed E-state index contributed by atoms with van der Waals surface area (Å²) in [4.78, 5) is 12.0. The SMILES string of the molecule is CC(N(NC(=O)Nc1cccc(C#N)c1)S(=O)(=O)c1ccccc1)S(N)(=O)=O. The molecule has 0 aliphatic rings. The summed E-state index contributed by atoms with van der Waals surface area (Å²) in [5, 5.41) is 14.5. The Hall–Kier alpha value is -2.98. The number of nitriles is 1. The van der Waals surface area contributed by atoms with Gasteiger partial charge in [0.1, 0.15) is 0 Å². The molecule has 12 heteroatoms. The number of benzene rings is 2. The average molecular weight is 423 g/mol. The molecule has 0 radical (unpaired) electrons. The summed E-state index contributed by atoms with van der Waals surface area (Å²) in [6, 6.07) is 13.7. The Balaban J connectivity index is 2.35. The van der Waals surface area contributed by atoms with Gasteiger partial charge in [-0.1, -0.05) is 28.7 Å². The summed E-state index contributed by atoms with van der Waals surface area (Å²) in [7, 11) is -8.79. The predicted octanol–water partition coefficient (Wildman–Crippen LogP) is 0.920. The molecule has 2 amide bonds. The number of hydrogen-bond donors (Lipinski definition) is 3. The Labute approximate surface area is 162 Å². The summed E-state index contributed by atoms with van der Waals surface area (Å²) in [5.74, 6) is 0. The van der Waals surface area contributed by atoms with E-state index in [0.29, 0.717) is 0 Å². The second-order valence-corrected chi connectivity index (χ2v) is 9.24. The molecule has 0 saturated heterocycles. The second kappa shape index (κ2) is 8.36. The minimum atomic E-state index is -4.43.